The standard InChI is InChI=1S/C20H27Cl2N5O2/c1-4-17-24-19(25-27(17)18-15(21)6-5-7-16(18)22)20(28)23-10-14-12-26(8-9-29-14)11-13(2)3/h5-7,13-14H,4,8-12H2,1-3H3,(H,23,28). The molecule has 3 rings (SSSR count). The number of nitrogens with one attached hydrogen (secondary N) is 1. The highest BCUT2D eigenvalue weighted by Gasteiger charge is 2.24. The molecule has 1 atom stereocenters. The Morgan fingerprint density at radius 3 is 2.72 bits per heavy atom. The van der Waals surface area contributed by atoms with Crippen molar-refractivity contribution in [3.8, 4) is 5.69 Å². The van der Waals surface area contributed by atoms with Gasteiger partial charge < -0.3 is 10.1 Å². The van der Waals surface area contributed by atoms with Crippen molar-refractivity contribution < 1.29 is 9.53 Å². The lowest BCUT2D eigenvalue weighted by molar-refractivity contribution is -0.0296. The average Bonchev–Trinajstić information content (AvgIpc) is 3.10. The molecule has 1 N–H and O–H groups in total. The minimum atomic E-state index is -0.341. The van der Waals surface area contributed by atoms with Crippen LogP contribution in [0.25, 0.3) is 5.69 Å². The molecule has 1 aliphatic heterocycles. The monoisotopic (exact) mass is 439 g/mol. The van der Waals surface area contributed by atoms with E-state index < -0.39 is 0 Å². The van der Waals surface area contributed by atoms with Gasteiger partial charge in [-0.1, -0.05) is 50.0 Å². The second-order valence-electron chi connectivity index (χ2n) is 7.54. The van der Waals surface area contributed by atoms with Crippen LogP contribution in [0.2, 0.25) is 10.0 Å². The van der Waals surface area contributed by atoms with Gasteiger partial charge in [0.2, 0.25) is 5.82 Å². The number of morpholine rings is 1. The van der Waals surface area contributed by atoms with E-state index in [1.807, 2.05) is 6.92 Å². The molecule has 0 saturated carbocycles. The Morgan fingerprint density at radius 1 is 1.34 bits per heavy atom. The molecular weight excluding hydrogens is 413 g/mol. The van der Waals surface area contributed by atoms with Crippen LogP contribution in [0.3, 0.4) is 0 Å². The zero-order chi connectivity index (χ0) is 21.0. The molecule has 1 amide bonds. The van der Waals surface area contributed by atoms with E-state index in [0.717, 1.165) is 19.6 Å². The summed E-state index contributed by atoms with van der Waals surface area (Å²) in [7, 11) is 0. The van der Waals surface area contributed by atoms with Crippen molar-refractivity contribution in [3.05, 3.63) is 39.9 Å². The van der Waals surface area contributed by atoms with Gasteiger partial charge in [0.15, 0.2) is 0 Å². The number of benzene rings is 1. The van der Waals surface area contributed by atoms with Crippen LogP contribution in [0.1, 0.15) is 37.2 Å². The molecule has 29 heavy (non-hydrogen) atoms. The topological polar surface area (TPSA) is 72.3 Å². The highest BCUT2D eigenvalue weighted by atomic mass is 35.5. The van der Waals surface area contributed by atoms with Gasteiger partial charge in [-0.05, 0) is 18.1 Å². The number of rotatable bonds is 7. The van der Waals surface area contributed by atoms with Gasteiger partial charge in [-0.15, -0.1) is 5.10 Å². The highest BCUT2D eigenvalue weighted by molar-refractivity contribution is 6.37. The van der Waals surface area contributed by atoms with Gasteiger partial charge in [-0.3, -0.25) is 9.69 Å². The molecule has 0 radical (unpaired) electrons. The van der Waals surface area contributed by atoms with Crippen LogP contribution in [-0.2, 0) is 11.2 Å². The average molecular weight is 440 g/mol. The van der Waals surface area contributed by atoms with Gasteiger partial charge in [0.25, 0.3) is 5.91 Å². The molecule has 0 bridgehead atoms. The van der Waals surface area contributed by atoms with Crippen molar-refractivity contribution in [2.24, 2.45) is 5.92 Å². The minimum Gasteiger partial charge on any atom is -0.374 e. The Hall–Kier alpha value is -1.67. The van der Waals surface area contributed by atoms with Gasteiger partial charge in [-0.25, -0.2) is 9.67 Å². The SMILES string of the molecule is CCc1nc(C(=O)NCC2CN(CC(C)C)CCO2)nn1-c1c(Cl)cccc1Cl. The van der Waals surface area contributed by atoms with E-state index >= 15 is 0 Å². The highest BCUT2D eigenvalue weighted by Crippen LogP contribution is 2.28. The number of carbonyl (C=O) groups excluding carboxylic acids is 1. The number of amides is 1. The number of nitrogens with zero attached hydrogens (tertiary/aromatic N) is 4. The summed E-state index contributed by atoms with van der Waals surface area (Å²) in [5, 5.41) is 8.16. The first-order valence-electron chi connectivity index (χ1n) is 9.91. The molecule has 9 heteroatoms. The molecular formula is C20H27Cl2N5O2. The molecule has 1 aromatic heterocycles. The summed E-state index contributed by atoms with van der Waals surface area (Å²) in [5.41, 5.74) is 0.527. The summed E-state index contributed by atoms with van der Waals surface area (Å²) in [4.78, 5) is 19.4. The first-order valence-corrected chi connectivity index (χ1v) is 10.7. The number of hydrogen-bond acceptors (Lipinski definition) is 5. The second-order valence-corrected chi connectivity index (χ2v) is 8.36. The molecule has 7 nitrogen and oxygen atoms in total. The van der Waals surface area contributed by atoms with Gasteiger partial charge in [0.05, 0.1) is 22.8 Å². The largest absolute Gasteiger partial charge is 0.374 e. The smallest absolute Gasteiger partial charge is 0.291 e. The normalized spacial score (nSPS) is 17.7. The molecule has 0 aliphatic carbocycles. The molecule has 2 heterocycles. The Bertz CT molecular complexity index is 835. The van der Waals surface area contributed by atoms with E-state index in [4.69, 9.17) is 27.9 Å². The Balaban J connectivity index is 1.68. The van der Waals surface area contributed by atoms with Crippen LogP contribution in [0, 0.1) is 5.92 Å². The fraction of sp³-hybridized carbons (Fsp3) is 0.550. The van der Waals surface area contributed by atoms with Crippen LogP contribution in [0.15, 0.2) is 18.2 Å². The number of aromatic nitrogens is 3. The predicted molar refractivity (Wildman–Crippen MR) is 114 cm³/mol. The third-order valence-corrected chi connectivity index (χ3v) is 5.29. The lowest BCUT2D eigenvalue weighted by atomic mass is 10.2. The van der Waals surface area contributed by atoms with Crippen molar-refractivity contribution >= 4 is 29.1 Å². The maximum absolute atomic E-state index is 12.6. The molecule has 2 aromatic rings. The second kappa shape index (κ2) is 9.89. The van der Waals surface area contributed by atoms with E-state index in [1.54, 1.807) is 22.9 Å². The first-order chi connectivity index (χ1) is 13.9. The van der Waals surface area contributed by atoms with Gasteiger partial charge >= 0.3 is 0 Å². The summed E-state index contributed by atoms with van der Waals surface area (Å²) >= 11 is 12.6. The minimum absolute atomic E-state index is 0.0443. The van der Waals surface area contributed by atoms with E-state index in [9.17, 15) is 4.79 Å². The van der Waals surface area contributed by atoms with Gasteiger partial charge in [0, 0.05) is 32.6 Å². The summed E-state index contributed by atoms with van der Waals surface area (Å²) in [6.07, 6.45) is 0.537. The van der Waals surface area contributed by atoms with Crippen molar-refractivity contribution in [2.45, 2.75) is 33.3 Å². The molecule has 1 aromatic carbocycles. The molecule has 1 fully saturated rings. The lowest BCUT2D eigenvalue weighted by Gasteiger charge is -2.33. The zero-order valence-electron chi connectivity index (χ0n) is 17.0. The fourth-order valence-corrected chi connectivity index (χ4v) is 3.97. The van der Waals surface area contributed by atoms with E-state index in [2.05, 4.69) is 34.1 Å². The Kier molecular flexibility index (Phi) is 7.51. The zero-order valence-corrected chi connectivity index (χ0v) is 18.5. The number of para-hydroxylation sites is 1. The van der Waals surface area contributed by atoms with Crippen LogP contribution in [0.4, 0.5) is 0 Å². The third kappa shape index (κ3) is 5.48. The summed E-state index contributed by atoms with van der Waals surface area (Å²) in [6, 6.07) is 5.22. The van der Waals surface area contributed by atoms with Crippen LogP contribution in [0.5, 0.6) is 0 Å². The Labute approximate surface area is 181 Å². The van der Waals surface area contributed by atoms with Crippen LogP contribution >= 0.6 is 23.2 Å². The van der Waals surface area contributed by atoms with Crippen molar-refractivity contribution in [2.75, 3.05) is 32.8 Å². The summed E-state index contributed by atoms with van der Waals surface area (Å²) < 4.78 is 7.33. The molecule has 1 unspecified atom stereocenters. The summed E-state index contributed by atoms with van der Waals surface area (Å²) in [5.74, 6) is 0.960. The number of ether oxygens (including phenoxy) is 1. The number of aryl methyl sites for hydroxylation is 1. The van der Waals surface area contributed by atoms with Gasteiger partial charge in [0.1, 0.15) is 11.5 Å². The van der Waals surface area contributed by atoms with E-state index in [1.165, 1.54) is 0 Å². The quantitative estimate of drug-likeness (QED) is 0.716. The molecule has 1 saturated heterocycles. The number of hydrogen-bond donors (Lipinski definition) is 1. The van der Waals surface area contributed by atoms with Crippen molar-refractivity contribution in [1.82, 2.24) is 25.0 Å². The van der Waals surface area contributed by atoms with Crippen molar-refractivity contribution in [1.29, 1.82) is 0 Å². The van der Waals surface area contributed by atoms with Crippen LogP contribution < -0.4 is 5.32 Å². The molecule has 0 spiro atoms. The van der Waals surface area contributed by atoms with Gasteiger partial charge in [-0.2, -0.15) is 0 Å². The maximum atomic E-state index is 12.6. The van der Waals surface area contributed by atoms with E-state index in [-0.39, 0.29) is 17.8 Å². The molecule has 158 valence electrons. The lowest BCUT2D eigenvalue weighted by Crippen LogP contribution is -2.48. The van der Waals surface area contributed by atoms with Crippen molar-refractivity contribution in [3.63, 3.8) is 0 Å². The third-order valence-electron chi connectivity index (χ3n) is 4.68. The summed E-state index contributed by atoms with van der Waals surface area (Å²) in [6.45, 7) is 10.2. The number of carbonyl (C=O) groups is 1. The van der Waals surface area contributed by atoms with E-state index in [0.29, 0.717) is 47.0 Å². The predicted octanol–water partition coefficient (Wildman–Crippen LogP) is 3.22. The maximum Gasteiger partial charge on any atom is 0.291 e. The van der Waals surface area contributed by atoms with Crippen LogP contribution in [-0.4, -0.2) is 64.5 Å². The molecule has 1 aliphatic rings. The first kappa shape index (κ1) is 22.0. The fourth-order valence-electron chi connectivity index (χ4n) is 3.41. The number of halogens is 2. The Morgan fingerprint density at radius 2 is 2.07 bits per heavy atom.